The number of rotatable bonds is 5. The second-order valence-electron chi connectivity index (χ2n) is 8.16. The van der Waals surface area contributed by atoms with Gasteiger partial charge < -0.3 is 15.0 Å². The molecule has 2 aliphatic rings. The highest BCUT2D eigenvalue weighted by Crippen LogP contribution is 2.29. The van der Waals surface area contributed by atoms with Crippen molar-refractivity contribution in [1.29, 1.82) is 0 Å². The fourth-order valence-electron chi connectivity index (χ4n) is 4.15. The number of nitrogens with zero attached hydrogens (tertiary/aromatic N) is 6. The van der Waals surface area contributed by atoms with Crippen molar-refractivity contribution in [2.24, 2.45) is 5.92 Å². The molecular formula is C22H24N8O. The Hall–Kier alpha value is -3.30. The van der Waals surface area contributed by atoms with Crippen molar-refractivity contribution < 1.29 is 4.74 Å². The van der Waals surface area contributed by atoms with Gasteiger partial charge in [0.1, 0.15) is 11.5 Å². The maximum Gasteiger partial charge on any atom is 0.129 e. The zero-order valence-corrected chi connectivity index (χ0v) is 17.2. The van der Waals surface area contributed by atoms with Crippen LogP contribution >= 0.6 is 0 Å². The van der Waals surface area contributed by atoms with Crippen molar-refractivity contribution in [2.45, 2.75) is 6.54 Å². The van der Waals surface area contributed by atoms with Gasteiger partial charge in [0.15, 0.2) is 0 Å². The quantitative estimate of drug-likeness (QED) is 0.513. The van der Waals surface area contributed by atoms with Crippen LogP contribution in [0, 0.1) is 5.92 Å². The molecule has 0 bridgehead atoms. The first-order valence-electron chi connectivity index (χ1n) is 10.7. The molecule has 2 fully saturated rings. The van der Waals surface area contributed by atoms with E-state index in [1.807, 2.05) is 23.1 Å². The number of hydrogen-bond donors (Lipinski definition) is 2. The summed E-state index contributed by atoms with van der Waals surface area (Å²) in [6, 6.07) is 8.20. The van der Waals surface area contributed by atoms with E-state index in [1.54, 1.807) is 0 Å². The van der Waals surface area contributed by atoms with E-state index in [9.17, 15) is 0 Å². The highest BCUT2D eigenvalue weighted by atomic mass is 16.5. The molecule has 0 saturated carbocycles. The zero-order valence-electron chi connectivity index (χ0n) is 17.2. The zero-order chi connectivity index (χ0) is 20.6. The third-order valence-electron chi connectivity index (χ3n) is 5.95. The van der Waals surface area contributed by atoms with Gasteiger partial charge in [0.05, 0.1) is 42.5 Å². The fourth-order valence-corrected chi connectivity index (χ4v) is 4.15. The van der Waals surface area contributed by atoms with Gasteiger partial charge in [-0.2, -0.15) is 10.2 Å². The predicted molar refractivity (Wildman–Crippen MR) is 118 cm³/mol. The largest absolute Gasteiger partial charge is 0.381 e. The maximum absolute atomic E-state index is 5.26. The molecule has 2 N–H and O–H groups in total. The number of anilines is 1. The lowest BCUT2D eigenvalue weighted by Crippen LogP contribution is -2.43. The number of aromatic amines is 1. The van der Waals surface area contributed by atoms with E-state index in [4.69, 9.17) is 9.72 Å². The molecule has 0 atom stereocenters. The molecule has 0 aliphatic carbocycles. The minimum atomic E-state index is 0.553. The second kappa shape index (κ2) is 7.75. The molecule has 4 aromatic heterocycles. The molecule has 9 heteroatoms. The van der Waals surface area contributed by atoms with Gasteiger partial charge in [0, 0.05) is 55.8 Å². The summed E-state index contributed by atoms with van der Waals surface area (Å²) in [5.74, 6) is 1.54. The molecule has 2 saturated heterocycles. The molecule has 6 heterocycles. The van der Waals surface area contributed by atoms with Crippen molar-refractivity contribution in [1.82, 2.24) is 35.3 Å². The van der Waals surface area contributed by atoms with E-state index in [0.29, 0.717) is 5.92 Å². The van der Waals surface area contributed by atoms with Crippen molar-refractivity contribution in [3.63, 3.8) is 0 Å². The summed E-state index contributed by atoms with van der Waals surface area (Å²) in [6.45, 7) is 6.39. The Balaban J connectivity index is 1.32. The van der Waals surface area contributed by atoms with Crippen LogP contribution in [-0.4, -0.2) is 69.3 Å². The molecule has 0 unspecified atom stereocenters. The number of hydrogen-bond acceptors (Lipinski definition) is 7. The van der Waals surface area contributed by atoms with Gasteiger partial charge in [-0.1, -0.05) is 6.07 Å². The Bertz CT molecular complexity index is 1210. The fraction of sp³-hybridized carbons (Fsp3) is 0.364. The Morgan fingerprint density at radius 1 is 1.10 bits per heavy atom. The Morgan fingerprint density at radius 3 is 2.84 bits per heavy atom. The molecule has 0 aromatic carbocycles. The maximum atomic E-state index is 5.26. The van der Waals surface area contributed by atoms with Crippen LogP contribution in [0.4, 0.5) is 5.82 Å². The van der Waals surface area contributed by atoms with Crippen molar-refractivity contribution in [2.75, 3.05) is 44.3 Å². The van der Waals surface area contributed by atoms with E-state index in [1.165, 1.54) is 0 Å². The van der Waals surface area contributed by atoms with Gasteiger partial charge in [-0.25, -0.2) is 4.98 Å². The minimum absolute atomic E-state index is 0.553. The first-order chi connectivity index (χ1) is 15.3. The molecule has 31 heavy (non-hydrogen) atoms. The smallest absolute Gasteiger partial charge is 0.129 e. The first kappa shape index (κ1) is 18.5. The van der Waals surface area contributed by atoms with Crippen LogP contribution in [0.5, 0.6) is 0 Å². The predicted octanol–water partition coefficient (Wildman–Crippen LogP) is 1.94. The van der Waals surface area contributed by atoms with Gasteiger partial charge >= 0.3 is 0 Å². The first-order valence-corrected chi connectivity index (χ1v) is 10.7. The molecule has 2 aliphatic heterocycles. The highest BCUT2D eigenvalue weighted by molar-refractivity contribution is 5.93. The van der Waals surface area contributed by atoms with Crippen molar-refractivity contribution in [3.05, 3.63) is 42.9 Å². The van der Waals surface area contributed by atoms with Gasteiger partial charge in [0.25, 0.3) is 0 Å². The van der Waals surface area contributed by atoms with Crippen molar-refractivity contribution >= 4 is 16.7 Å². The Morgan fingerprint density at radius 2 is 2.00 bits per heavy atom. The third kappa shape index (κ3) is 3.55. The van der Waals surface area contributed by atoms with Crippen LogP contribution in [0.25, 0.3) is 33.5 Å². The number of pyridine rings is 2. The van der Waals surface area contributed by atoms with Gasteiger partial charge in [-0.3, -0.25) is 14.8 Å². The summed E-state index contributed by atoms with van der Waals surface area (Å²) in [5, 5.41) is 16.6. The number of aromatic nitrogens is 6. The second-order valence-corrected chi connectivity index (χ2v) is 8.16. The molecule has 4 aromatic rings. The molecule has 9 nitrogen and oxygen atoms in total. The standard InChI is InChI=1S/C22H24N8O/c1-2-18(26-21(3-1)29-6-4-23-5-7-29)22-17-8-19(24-10-20(17)27-28-22)16-9-25-30(12-16)11-15-13-31-14-15/h1-3,8-10,12,15,23H,4-7,11,13-14H2,(H,27,28). The average Bonchev–Trinajstić information content (AvgIpc) is 3.44. The van der Waals surface area contributed by atoms with E-state index in [-0.39, 0.29) is 0 Å². The summed E-state index contributed by atoms with van der Waals surface area (Å²) in [5.41, 5.74) is 4.48. The van der Waals surface area contributed by atoms with Gasteiger partial charge in [-0.15, -0.1) is 0 Å². The summed E-state index contributed by atoms with van der Waals surface area (Å²) < 4.78 is 7.24. The van der Waals surface area contributed by atoms with E-state index < -0.39 is 0 Å². The summed E-state index contributed by atoms with van der Waals surface area (Å²) in [6.07, 6.45) is 5.75. The molecule has 0 spiro atoms. The lowest BCUT2D eigenvalue weighted by molar-refractivity contribution is -0.0408. The van der Waals surface area contributed by atoms with Crippen LogP contribution in [0.2, 0.25) is 0 Å². The molecular weight excluding hydrogens is 392 g/mol. The van der Waals surface area contributed by atoms with Gasteiger partial charge in [-0.05, 0) is 18.2 Å². The van der Waals surface area contributed by atoms with Crippen LogP contribution in [0.3, 0.4) is 0 Å². The molecule has 0 radical (unpaired) electrons. The molecule has 158 valence electrons. The van der Waals surface area contributed by atoms with E-state index in [0.717, 1.165) is 85.3 Å². The lowest BCUT2D eigenvalue weighted by Gasteiger charge is -2.28. The highest BCUT2D eigenvalue weighted by Gasteiger charge is 2.20. The molecule has 0 amide bonds. The van der Waals surface area contributed by atoms with Crippen molar-refractivity contribution in [3.8, 4) is 22.6 Å². The lowest BCUT2D eigenvalue weighted by atomic mass is 10.1. The normalized spacial score (nSPS) is 17.2. The number of ether oxygens (including phenoxy) is 1. The van der Waals surface area contributed by atoms with Crippen LogP contribution in [0.15, 0.2) is 42.9 Å². The summed E-state index contributed by atoms with van der Waals surface area (Å²) in [7, 11) is 0. The van der Waals surface area contributed by atoms with Crippen LogP contribution in [0.1, 0.15) is 0 Å². The summed E-state index contributed by atoms with van der Waals surface area (Å²) >= 11 is 0. The minimum Gasteiger partial charge on any atom is -0.381 e. The van der Waals surface area contributed by atoms with Crippen LogP contribution in [-0.2, 0) is 11.3 Å². The molecule has 6 rings (SSSR count). The number of H-pyrrole nitrogens is 1. The number of piperazine rings is 1. The number of nitrogens with one attached hydrogen (secondary N) is 2. The van der Waals surface area contributed by atoms with E-state index in [2.05, 4.69) is 54.9 Å². The summed E-state index contributed by atoms with van der Waals surface area (Å²) in [4.78, 5) is 11.8. The Kier molecular flexibility index (Phi) is 4.62. The van der Waals surface area contributed by atoms with Gasteiger partial charge in [0.2, 0.25) is 0 Å². The average molecular weight is 416 g/mol. The third-order valence-corrected chi connectivity index (χ3v) is 5.95. The monoisotopic (exact) mass is 416 g/mol. The van der Waals surface area contributed by atoms with E-state index >= 15 is 0 Å². The SMILES string of the molecule is c1cc(-c2n[nH]c3cnc(-c4cnn(CC5COC5)c4)cc23)nc(N2CCNCC2)c1. The topological polar surface area (TPSA) is 96.8 Å². The Labute approximate surface area is 179 Å². The van der Waals surface area contributed by atoms with Crippen LogP contribution < -0.4 is 10.2 Å². The number of fused-ring (bicyclic) bond motifs is 1.